The highest BCUT2D eigenvalue weighted by Crippen LogP contribution is 2.22. The topological polar surface area (TPSA) is 16.1 Å². The minimum Gasteiger partial charge on any atom is -0.302 e. The Morgan fingerprint density at radius 2 is 2.00 bits per heavy atom. The molecular formula is C14H14F4N2. The van der Waals surface area contributed by atoms with Gasteiger partial charge in [-0.1, -0.05) is 6.07 Å². The third-order valence-electron chi connectivity index (χ3n) is 2.97. The third-order valence-corrected chi connectivity index (χ3v) is 2.97. The maximum atomic E-state index is 13.5. The zero-order valence-electron chi connectivity index (χ0n) is 10.9. The van der Waals surface area contributed by atoms with Gasteiger partial charge in [0.25, 0.3) is 0 Å². The molecule has 6 heteroatoms. The molecule has 0 aliphatic carbocycles. The number of nitrogens with zero attached hydrogens (tertiary/aromatic N) is 2. The fraction of sp³-hybridized carbons (Fsp3) is 0.357. The van der Waals surface area contributed by atoms with Crippen LogP contribution in [0.25, 0.3) is 10.9 Å². The summed E-state index contributed by atoms with van der Waals surface area (Å²) in [6, 6.07) is 6.10. The van der Waals surface area contributed by atoms with E-state index < -0.39 is 18.4 Å². The van der Waals surface area contributed by atoms with E-state index in [1.165, 1.54) is 17.0 Å². The Bertz CT molecular complexity index is 595. The molecule has 2 nitrogen and oxygen atoms in total. The fourth-order valence-electron chi connectivity index (χ4n) is 2.04. The summed E-state index contributed by atoms with van der Waals surface area (Å²) in [5, 5.41) is 0.645. The van der Waals surface area contributed by atoms with Gasteiger partial charge in [-0.15, -0.1) is 0 Å². The van der Waals surface area contributed by atoms with E-state index in [9.17, 15) is 17.6 Å². The standard InChI is InChI=1S/C14H14F4N2/c1-20(6-4-14(16,17)18)9-11-8-12(15)7-10-3-2-5-19-13(10)11/h2-3,5,7-8H,4,6,9H2,1H3. The van der Waals surface area contributed by atoms with Crippen molar-refractivity contribution in [3.63, 3.8) is 0 Å². The minimum atomic E-state index is -4.18. The molecule has 0 saturated carbocycles. The first-order valence-corrected chi connectivity index (χ1v) is 6.13. The second-order valence-electron chi connectivity index (χ2n) is 4.74. The Hall–Kier alpha value is -1.69. The van der Waals surface area contributed by atoms with Gasteiger partial charge in [-0.3, -0.25) is 4.98 Å². The van der Waals surface area contributed by atoms with Crippen LogP contribution in [0.3, 0.4) is 0 Å². The Labute approximate surface area is 114 Å². The zero-order valence-corrected chi connectivity index (χ0v) is 10.9. The molecule has 0 spiro atoms. The average Bonchev–Trinajstić information content (AvgIpc) is 2.35. The van der Waals surface area contributed by atoms with E-state index in [0.717, 1.165) is 0 Å². The monoisotopic (exact) mass is 286 g/mol. The lowest BCUT2D eigenvalue weighted by molar-refractivity contribution is -0.137. The van der Waals surface area contributed by atoms with E-state index in [2.05, 4.69) is 4.98 Å². The Kier molecular flexibility index (Phi) is 4.23. The van der Waals surface area contributed by atoms with Crippen LogP contribution in [0.1, 0.15) is 12.0 Å². The van der Waals surface area contributed by atoms with Crippen molar-refractivity contribution in [2.75, 3.05) is 13.6 Å². The Morgan fingerprint density at radius 3 is 2.70 bits per heavy atom. The molecule has 0 N–H and O–H groups in total. The first kappa shape index (κ1) is 14.7. The zero-order chi connectivity index (χ0) is 14.8. The number of halogens is 4. The number of pyridine rings is 1. The molecule has 0 radical (unpaired) electrons. The van der Waals surface area contributed by atoms with Crippen LogP contribution in [0.4, 0.5) is 17.6 Å². The van der Waals surface area contributed by atoms with Crippen molar-refractivity contribution in [3.05, 3.63) is 41.8 Å². The first-order chi connectivity index (χ1) is 9.35. The van der Waals surface area contributed by atoms with Gasteiger partial charge in [0.2, 0.25) is 0 Å². The van der Waals surface area contributed by atoms with Gasteiger partial charge < -0.3 is 4.90 Å². The molecule has 1 aromatic heterocycles. The molecule has 1 aromatic carbocycles. The SMILES string of the molecule is CN(CCC(F)(F)F)Cc1cc(F)cc2cccnc12. The van der Waals surface area contributed by atoms with Crippen molar-refractivity contribution >= 4 is 10.9 Å². The highest BCUT2D eigenvalue weighted by molar-refractivity contribution is 5.81. The van der Waals surface area contributed by atoms with Gasteiger partial charge in [-0.05, 0) is 30.8 Å². The number of rotatable bonds is 4. The predicted molar refractivity (Wildman–Crippen MR) is 68.7 cm³/mol. The van der Waals surface area contributed by atoms with Gasteiger partial charge in [0, 0.05) is 24.7 Å². The number of alkyl halides is 3. The van der Waals surface area contributed by atoms with E-state index in [1.807, 2.05) is 0 Å². The molecule has 0 fully saturated rings. The van der Waals surface area contributed by atoms with Gasteiger partial charge in [-0.25, -0.2) is 4.39 Å². The van der Waals surface area contributed by atoms with Crippen molar-refractivity contribution in [2.24, 2.45) is 0 Å². The van der Waals surface area contributed by atoms with Crippen molar-refractivity contribution in [1.82, 2.24) is 9.88 Å². The van der Waals surface area contributed by atoms with Crippen LogP contribution < -0.4 is 0 Å². The second kappa shape index (κ2) is 5.75. The summed E-state index contributed by atoms with van der Waals surface area (Å²) < 4.78 is 50.0. The van der Waals surface area contributed by atoms with Gasteiger partial charge in [-0.2, -0.15) is 13.2 Å². The maximum Gasteiger partial charge on any atom is 0.390 e. The molecule has 2 rings (SSSR count). The number of fused-ring (bicyclic) bond motifs is 1. The lowest BCUT2D eigenvalue weighted by Crippen LogP contribution is -2.24. The summed E-state index contributed by atoms with van der Waals surface area (Å²) in [4.78, 5) is 5.68. The lowest BCUT2D eigenvalue weighted by atomic mass is 10.1. The molecule has 20 heavy (non-hydrogen) atoms. The quantitative estimate of drug-likeness (QED) is 0.796. The summed E-state index contributed by atoms with van der Waals surface area (Å²) >= 11 is 0. The van der Waals surface area contributed by atoms with Crippen LogP contribution in [0, 0.1) is 5.82 Å². The maximum absolute atomic E-state index is 13.5. The molecule has 108 valence electrons. The smallest absolute Gasteiger partial charge is 0.302 e. The lowest BCUT2D eigenvalue weighted by Gasteiger charge is -2.18. The normalized spacial score (nSPS) is 12.3. The summed E-state index contributed by atoms with van der Waals surface area (Å²) in [5.74, 6) is -0.412. The minimum absolute atomic E-state index is 0.131. The Balaban J connectivity index is 2.17. The molecule has 0 bridgehead atoms. The molecule has 0 saturated heterocycles. The van der Waals surface area contributed by atoms with Gasteiger partial charge in [0.1, 0.15) is 5.82 Å². The highest BCUT2D eigenvalue weighted by Gasteiger charge is 2.27. The molecule has 0 unspecified atom stereocenters. The number of hydrogen-bond donors (Lipinski definition) is 0. The summed E-state index contributed by atoms with van der Waals surface area (Å²) in [7, 11) is 1.57. The molecule has 0 aliphatic heterocycles. The molecular weight excluding hydrogens is 272 g/mol. The largest absolute Gasteiger partial charge is 0.390 e. The van der Waals surface area contributed by atoms with E-state index in [1.54, 1.807) is 25.4 Å². The number of benzene rings is 1. The molecule has 0 atom stereocenters. The third kappa shape index (κ3) is 3.90. The van der Waals surface area contributed by atoms with Crippen molar-refractivity contribution in [3.8, 4) is 0 Å². The van der Waals surface area contributed by atoms with Crippen LogP contribution in [-0.4, -0.2) is 29.7 Å². The molecule has 2 aromatic rings. The summed E-state index contributed by atoms with van der Waals surface area (Å²) in [5.41, 5.74) is 1.21. The summed E-state index contributed by atoms with van der Waals surface area (Å²) in [6.45, 7) is 0.0929. The first-order valence-electron chi connectivity index (χ1n) is 6.13. The molecule has 0 aliphatic rings. The van der Waals surface area contributed by atoms with Crippen LogP contribution in [0.2, 0.25) is 0 Å². The van der Waals surface area contributed by atoms with E-state index in [0.29, 0.717) is 16.5 Å². The number of hydrogen-bond acceptors (Lipinski definition) is 2. The van der Waals surface area contributed by atoms with E-state index in [4.69, 9.17) is 0 Å². The molecule has 0 amide bonds. The van der Waals surface area contributed by atoms with Crippen LogP contribution in [0.5, 0.6) is 0 Å². The number of aromatic nitrogens is 1. The van der Waals surface area contributed by atoms with Crippen molar-refractivity contribution < 1.29 is 17.6 Å². The van der Waals surface area contributed by atoms with Crippen LogP contribution >= 0.6 is 0 Å². The van der Waals surface area contributed by atoms with Gasteiger partial charge >= 0.3 is 6.18 Å². The van der Waals surface area contributed by atoms with Crippen molar-refractivity contribution in [2.45, 2.75) is 19.1 Å². The Morgan fingerprint density at radius 1 is 1.25 bits per heavy atom. The van der Waals surface area contributed by atoms with Crippen LogP contribution in [0.15, 0.2) is 30.5 Å². The fourth-order valence-corrected chi connectivity index (χ4v) is 2.04. The highest BCUT2D eigenvalue weighted by atomic mass is 19.4. The van der Waals surface area contributed by atoms with Gasteiger partial charge in [0.15, 0.2) is 0 Å². The van der Waals surface area contributed by atoms with Gasteiger partial charge in [0.05, 0.1) is 11.9 Å². The predicted octanol–water partition coefficient (Wildman–Crippen LogP) is 3.76. The summed E-state index contributed by atoms with van der Waals surface area (Å²) in [6.07, 6.45) is -3.49. The average molecular weight is 286 g/mol. The van der Waals surface area contributed by atoms with E-state index >= 15 is 0 Å². The van der Waals surface area contributed by atoms with Crippen molar-refractivity contribution in [1.29, 1.82) is 0 Å². The van der Waals surface area contributed by atoms with Crippen LogP contribution in [-0.2, 0) is 6.54 Å². The second-order valence-corrected chi connectivity index (χ2v) is 4.74. The van der Waals surface area contributed by atoms with E-state index in [-0.39, 0.29) is 13.1 Å². The molecule has 1 heterocycles.